The van der Waals surface area contributed by atoms with Gasteiger partial charge in [-0.3, -0.25) is 0 Å². The normalized spacial score (nSPS) is 42.6. The number of rotatable bonds is 7. The lowest BCUT2D eigenvalue weighted by Gasteiger charge is -2.66. The molecule has 0 aromatic heterocycles. The highest BCUT2D eigenvalue weighted by Gasteiger charge is 2.61. The van der Waals surface area contributed by atoms with Crippen molar-refractivity contribution in [2.75, 3.05) is 0 Å². The molecule has 0 saturated heterocycles. The zero-order chi connectivity index (χ0) is 21.4. The molecule has 0 N–H and O–H groups in total. The van der Waals surface area contributed by atoms with Gasteiger partial charge in [0.05, 0.1) is 0 Å². The van der Waals surface area contributed by atoms with E-state index in [4.69, 9.17) is 0 Å². The van der Waals surface area contributed by atoms with Gasteiger partial charge >= 0.3 is 0 Å². The second kappa shape index (κ2) is 8.66. The van der Waals surface area contributed by atoms with Crippen LogP contribution in [0.3, 0.4) is 0 Å². The van der Waals surface area contributed by atoms with Gasteiger partial charge in [-0.25, -0.2) is 0 Å². The first-order valence-corrected chi connectivity index (χ1v) is 13.0. The van der Waals surface area contributed by atoms with Crippen LogP contribution in [-0.4, -0.2) is 5.78 Å². The lowest BCUT2D eigenvalue weighted by atomic mass is 9.38. The molecule has 2 unspecified atom stereocenters. The summed E-state index contributed by atoms with van der Waals surface area (Å²) in [5.41, 5.74) is 1.66. The molecular weight excluding hydrogens is 352 g/mol. The summed E-state index contributed by atoms with van der Waals surface area (Å²) >= 11 is 0. The second-order valence-corrected chi connectivity index (χ2v) is 12.9. The molecule has 0 amide bonds. The summed E-state index contributed by atoms with van der Waals surface area (Å²) in [6.45, 7) is 17.3. The molecule has 0 radical (unpaired) electrons. The maximum Gasteiger partial charge on any atom is 0.129 e. The van der Waals surface area contributed by atoms with Gasteiger partial charge < -0.3 is 4.79 Å². The Morgan fingerprint density at radius 2 is 1.66 bits per heavy atom. The summed E-state index contributed by atoms with van der Waals surface area (Å²) < 4.78 is 0. The summed E-state index contributed by atoms with van der Waals surface area (Å²) in [6.07, 6.45) is 16.1. The van der Waals surface area contributed by atoms with E-state index < -0.39 is 0 Å². The average molecular weight is 403 g/mol. The number of carbonyl (C=O) groups excluding carboxylic acids is 1. The van der Waals surface area contributed by atoms with Crippen LogP contribution in [0.25, 0.3) is 0 Å². The molecule has 3 fully saturated rings. The van der Waals surface area contributed by atoms with E-state index in [1.807, 2.05) is 0 Å². The minimum Gasteiger partial charge on any atom is -0.300 e. The predicted octanol–water partition coefficient (Wildman–Crippen LogP) is 8.46. The molecule has 3 aliphatic rings. The van der Waals surface area contributed by atoms with Crippen molar-refractivity contribution < 1.29 is 4.79 Å². The van der Waals surface area contributed by atoms with Gasteiger partial charge in [-0.15, -0.1) is 0 Å². The topological polar surface area (TPSA) is 17.1 Å². The fourth-order valence-corrected chi connectivity index (χ4v) is 8.99. The van der Waals surface area contributed by atoms with Gasteiger partial charge in [0, 0.05) is 6.42 Å². The molecule has 1 heteroatoms. The highest BCUT2D eigenvalue weighted by Crippen LogP contribution is 2.69. The van der Waals surface area contributed by atoms with E-state index in [9.17, 15) is 4.79 Å². The van der Waals surface area contributed by atoms with E-state index in [-0.39, 0.29) is 0 Å². The molecule has 7 atom stereocenters. The molecular formula is C28H50O. The molecule has 29 heavy (non-hydrogen) atoms. The standard InChI is InChI=1S/C28H50O/c1-20(10-8-11-22(3)29)12-14-23-21(2)13-15-25-27(23,6)19-16-24-26(4,5)17-9-18-28(24,25)7/h20-21,23-25H,8-19H2,1-7H3/t20-,21-,23+,24?,25?,27+,28+/m0/s1. The predicted molar refractivity (Wildman–Crippen MR) is 125 cm³/mol. The highest BCUT2D eigenvalue weighted by atomic mass is 16.1. The Hall–Kier alpha value is -0.330. The number of carbonyl (C=O) groups is 1. The third-order valence-electron chi connectivity index (χ3n) is 10.5. The molecule has 1 nitrogen and oxygen atoms in total. The van der Waals surface area contributed by atoms with Gasteiger partial charge in [-0.2, -0.15) is 0 Å². The van der Waals surface area contributed by atoms with Gasteiger partial charge in [0.15, 0.2) is 0 Å². The maximum atomic E-state index is 11.3. The average Bonchev–Trinajstić information content (AvgIpc) is 2.59. The number of fused-ring (bicyclic) bond motifs is 3. The molecule has 0 heterocycles. The molecule has 3 saturated carbocycles. The van der Waals surface area contributed by atoms with Gasteiger partial charge in [0.25, 0.3) is 0 Å². The smallest absolute Gasteiger partial charge is 0.129 e. The zero-order valence-corrected chi connectivity index (χ0v) is 20.8. The number of ketones is 1. The van der Waals surface area contributed by atoms with Gasteiger partial charge in [0.2, 0.25) is 0 Å². The largest absolute Gasteiger partial charge is 0.300 e. The summed E-state index contributed by atoms with van der Waals surface area (Å²) in [7, 11) is 0. The van der Waals surface area contributed by atoms with Crippen molar-refractivity contribution in [1.82, 2.24) is 0 Å². The summed E-state index contributed by atoms with van der Waals surface area (Å²) in [5, 5.41) is 0. The minimum absolute atomic E-state index is 0.355. The lowest BCUT2D eigenvalue weighted by molar-refractivity contribution is -0.174. The van der Waals surface area contributed by atoms with Crippen molar-refractivity contribution in [2.45, 2.75) is 126 Å². The summed E-state index contributed by atoms with van der Waals surface area (Å²) in [5.74, 6) is 4.78. The Bertz CT molecular complexity index is 577. The first kappa shape index (κ1) is 23.3. The van der Waals surface area contributed by atoms with E-state index in [1.54, 1.807) is 6.92 Å². The van der Waals surface area contributed by atoms with E-state index in [2.05, 4.69) is 41.5 Å². The Morgan fingerprint density at radius 3 is 2.34 bits per heavy atom. The van der Waals surface area contributed by atoms with Gasteiger partial charge in [-0.1, -0.05) is 67.2 Å². The van der Waals surface area contributed by atoms with Crippen molar-refractivity contribution in [3.8, 4) is 0 Å². The SMILES string of the molecule is CC(=O)CCC[C@H](C)CC[C@@H]1[C@@H](C)CCC2[C@]3(C)CCCC(C)(C)C3CC[C@@]21C. The van der Waals surface area contributed by atoms with Gasteiger partial charge in [-0.05, 0) is 97.7 Å². The lowest BCUT2D eigenvalue weighted by Crippen LogP contribution is -2.59. The van der Waals surface area contributed by atoms with Crippen LogP contribution in [0.1, 0.15) is 126 Å². The minimum atomic E-state index is 0.355. The molecule has 0 aliphatic heterocycles. The van der Waals surface area contributed by atoms with Crippen molar-refractivity contribution in [1.29, 1.82) is 0 Å². The van der Waals surface area contributed by atoms with Crippen LogP contribution in [0, 0.1) is 45.8 Å². The number of hydrogen-bond acceptors (Lipinski definition) is 1. The van der Waals surface area contributed by atoms with Crippen LogP contribution in [0.2, 0.25) is 0 Å². The molecule has 168 valence electrons. The first-order chi connectivity index (χ1) is 13.5. The maximum absolute atomic E-state index is 11.3. The van der Waals surface area contributed by atoms with Crippen molar-refractivity contribution in [3.63, 3.8) is 0 Å². The second-order valence-electron chi connectivity index (χ2n) is 12.9. The van der Waals surface area contributed by atoms with E-state index in [0.29, 0.717) is 22.0 Å². The van der Waals surface area contributed by atoms with E-state index >= 15 is 0 Å². The monoisotopic (exact) mass is 402 g/mol. The van der Waals surface area contributed by atoms with Crippen LogP contribution in [0.4, 0.5) is 0 Å². The molecule has 0 aromatic carbocycles. The van der Waals surface area contributed by atoms with Crippen molar-refractivity contribution in [3.05, 3.63) is 0 Å². The van der Waals surface area contributed by atoms with Crippen LogP contribution in [0.5, 0.6) is 0 Å². The fraction of sp³-hybridized carbons (Fsp3) is 0.964. The molecule has 3 aliphatic carbocycles. The summed E-state index contributed by atoms with van der Waals surface area (Å²) in [6, 6.07) is 0. The van der Waals surface area contributed by atoms with Crippen LogP contribution < -0.4 is 0 Å². The van der Waals surface area contributed by atoms with Crippen molar-refractivity contribution in [2.24, 2.45) is 45.8 Å². The molecule has 3 rings (SSSR count). The third kappa shape index (κ3) is 4.50. The fourth-order valence-electron chi connectivity index (χ4n) is 8.99. The molecule has 0 spiro atoms. The molecule has 0 aromatic rings. The number of hydrogen-bond donors (Lipinski definition) is 0. The summed E-state index contributed by atoms with van der Waals surface area (Å²) in [4.78, 5) is 11.3. The number of Topliss-reactive ketones (excluding diaryl/α,β-unsaturated/α-hetero) is 1. The van der Waals surface area contributed by atoms with E-state index in [1.165, 1.54) is 64.2 Å². The van der Waals surface area contributed by atoms with Crippen LogP contribution in [0.15, 0.2) is 0 Å². The van der Waals surface area contributed by atoms with Gasteiger partial charge in [0.1, 0.15) is 5.78 Å². The first-order valence-electron chi connectivity index (χ1n) is 13.0. The Balaban J connectivity index is 1.71. The van der Waals surface area contributed by atoms with Crippen LogP contribution >= 0.6 is 0 Å². The van der Waals surface area contributed by atoms with Crippen molar-refractivity contribution >= 4 is 5.78 Å². The zero-order valence-electron chi connectivity index (χ0n) is 20.8. The Morgan fingerprint density at radius 1 is 0.931 bits per heavy atom. The Labute approximate surface area is 182 Å². The highest BCUT2D eigenvalue weighted by molar-refractivity contribution is 5.75. The third-order valence-corrected chi connectivity index (χ3v) is 10.5. The Kier molecular flexibility index (Phi) is 6.97. The van der Waals surface area contributed by atoms with E-state index in [0.717, 1.165) is 42.4 Å². The quantitative estimate of drug-likeness (QED) is 0.417. The molecule has 0 bridgehead atoms. The van der Waals surface area contributed by atoms with Crippen LogP contribution in [-0.2, 0) is 4.79 Å².